The van der Waals surface area contributed by atoms with Crippen molar-refractivity contribution in [2.24, 2.45) is 0 Å². The number of nitrogens with zero attached hydrogens (tertiary/aromatic N) is 1. The van der Waals surface area contributed by atoms with Gasteiger partial charge in [-0.2, -0.15) is 0 Å². The van der Waals surface area contributed by atoms with Crippen LogP contribution in [-0.2, 0) is 9.59 Å². The molecule has 130 valence electrons. The highest BCUT2D eigenvalue weighted by molar-refractivity contribution is 6.03. The first-order valence-corrected chi connectivity index (χ1v) is 8.56. The van der Waals surface area contributed by atoms with Gasteiger partial charge in [0.1, 0.15) is 6.42 Å². The summed E-state index contributed by atoms with van der Waals surface area (Å²) in [5, 5.41) is 5.57. The van der Waals surface area contributed by atoms with Gasteiger partial charge in [-0.25, -0.2) is 0 Å². The molecule has 0 radical (unpaired) electrons. The molecule has 0 saturated carbocycles. The third-order valence-corrected chi connectivity index (χ3v) is 4.14. The van der Waals surface area contributed by atoms with E-state index < -0.39 is 0 Å². The van der Waals surface area contributed by atoms with Gasteiger partial charge in [-0.05, 0) is 56.4 Å². The molecule has 2 rings (SSSR count). The molecule has 1 aromatic carbocycles. The Hall–Kier alpha value is -2.30. The van der Waals surface area contributed by atoms with Gasteiger partial charge < -0.3 is 15.5 Å². The Balaban J connectivity index is 1.69. The van der Waals surface area contributed by atoms with E-state index >= 15 is 0 Å². The lowest BCUT2D eigenvalue weighted by atomic mass is 9.97. The van der Waals surface area contributed by atoms with E-state index in [0.29, 0.717) is 12.2 Å². The average molecular weight is 329 g/mol. The number of hydrogen-bond acceptors (Lipinski definition) is 3. The van der Waals surface area contributed by atoms with Crippen LogP contribution in [0.25, 0.3) is 0 Å². The van der Waals surface area contributed by atoms with Gasteiger partial charge in [-0.3, -0.25) is 9.59 Å². The molecule has 5 heteroatoms. The molecule has 5 nitrogen and oxygen atoms in total. The van der Waals surface area contributed by atoms with Crippen LogP contribution in [0.2, 0.25) is 0 Å². The van der Waals surface area contributed by atoms with Crippen LogP contribution in [0.1, 0.15) is 38.5 Å². The average Bonchev–Trinajstić information content (AvgIpc) is 2.56. The van der Waals surface area contributed by atoms with Crippen LogP contribution in [0.5, 0.6) is 0 Å². The van der Waals surface area contributed by atoms with Crippen molar-refractivity contribution in [3.8, 4) is 0 Å². The van der Waals surface area contributed by atoms with Crippen molar-refractivity contribution < 1.29 is 9.59 Å². The maximum absolute atomic E-state index is 11.9. The third-order valence-electron chi connectivity index (χ3n) is 4.14. The molecule has 1 aromatic rings. The standard InChI is InChI=1S/C19H27N3O2/c1-22(2)17-10-8-16(9-11-17)21-19(24)14-18(23)20-13-12-15-6-4-3-5-7-15/h6,8-11H,3-5,7,12-14H2,1-2H3,(H,20,23)(H,21,24). The lowest BCUT2D eigenvalue weighted by Gasteiger charge is -2.13. The van der Waals surface area contributed by atoms with E-state index in [1.165, 1.54) is 18.4 Å². The van der Waals surface area contributed by atoms with Crippen molar-refractivity contribution in [3.63, 3.8) is 0 Å². The van der Waals surface area contributed by atoms with Gasteiger partial charge in [0.25, 0.3) is 0 Å². The second-order valence-corrected chi connectivity index (χ2v) is 6.37. The van der Waals surface area contributed by atoms with E-state index in [9.17, 15) is 9.59 Å². The number of allylic oxidation sites excluding steroid dienone is 1. The molecule has 0 heterocycles. The number of carbonyl (C=O) groups is 2. The molecule has 0 spiro atoms. The summed E-state index contributed by atoms with van der Waals surface area (Å²) in [6.07, 6.45) is 7.82. The Labute approximate surface area is 144 Å². The van der Waals surface area contributed by atoms with Crippen LogP contribution in [0.4, 0.5) is 11.4 Å². The summed E-state index contributed by atoms with van der Waals surface area (Å²) in [5.74, 6) is -0.518. The minimum atomic E-state index is -0.290. The van der Waals surface area contributed by atoms with E-state index in [1.807, 2.05) is 43.3 Å². The summed E-state index contributed by atoms with van der Waals surface area (Å²) in [4.78, 5) is 25.7. The Kier molecular flexibility index (Phi) is 6.85. The highest BCUT2D eigenvalue weighted by atomic mass is 16.2. The second kappa shape index (κ2) is 9.11. The Bertz CT molecular complexity index is 591. The van der Waals surface area contributed by atoms with Crippen molar-refractivity contribution in [1.29, 1.82) is 0 Å². The molecule has 0 saturated heterocycles. The fraction of sp³-hybridized carbons (Fsp3) is 0.474. The fourth-order valence-corrected chi connectivity index (χ4v) is 2.75. The van der Waals surface area contributed by atoms with Gasteiger partial charge >= 0.3 is 0 Å². The number of amides is 2. The highest BCUT2D eigenvalue weighted by Crippen LogP contribution is 2.19. The number of anilines is 2. The molecule has 0 unspecified atom stereocenters. The minimum absolute atomic E-state index is 0.144. The maximum Gasteiger partial charge on any atom is 0.233 e. The molecule has 0 aromatic heterocycles. The number of rotatable bonds is 7. The zero-order valence-electron chi connectivity index (χ0n) is 14.6. The molecule has 2 amide bonds. The molecule has 24 heavy (non-hydrogen) atoms. The van der Waals surface area contributed by atoms with Crippen molar-refractivity contribution >= 4 is 23.2 Å². The summed E-state index contributed by atoms with van der Waals surface area (Å²) >= 11 is 0. The second-order valence-electron chi connectivity index (χ2n) is 6.37. The molecule has 0 aliphatic heterocycles. The first-order chi connectivity index (χ1) is 11.5. The lowest BCUT2D eigenvalue weighted by Crippen LogP contribution is -2.29. The predicted octanol–water partition coefficient (Wildman–Crippen LogP) is 3.09. The minimum Gasteiger partial charge on any atom is -0.378 e. The molecular weight excluding hydrogens is 302 g/mol. The third kappa shape index (κ3) is 6.07. The van der Waals surface area contributed by atoms with E-state index in [2.05, 4.69) is 16.7 Å². The SMILES string of the molecule is CN(C)c1ccc(NC(=O)CC(=O)NCCC2=CCCCC2)cc1. The number of benzene rings is 1. The molecule has 0 bridgehead atoms. The zero-order valence-corrected chi connectivity index (χ0v) is 14.6. The largest absolute Gasteiger partial charge is 0.378 e. The fourth-order valence-electron chi connectivity index (χ4n) is 2.75. The number of nitrogens with one attached hydrogen (secondary N) is 2. The molecule has 0 atom stereocenters. The first kappa shape index (κ1) is 18.0. The first-order valence-electron chi connectivity index (χ1n) is 8.56. The van der Waals surface area contributed by atoms with Crippen molar-refractivity contribution in [2.45, 2.75) is 38.5 Å². The van der Waals surface area contributed by atoms with Crippen LogP contribution in [0.15, 0.2) is 35.9 Å². The van der Waals surface area contributed by atoms with Gasteiger partial charge in [0, 0.05) is 32.0 Å². The van der Waals surface area contributed by atoms with Gasteiger partial charge in [-0.15, -0.1) is 0 Å². The van der Waals surface area contributed by atoms with Crippen molar-refractivity contribution in [3.05, 3.63) is 35.9 Å². The van der Waals surface area contributed by atoms with E-state index in [-0.39, 0.29) is 18.2 Å². The van der Waals surface area contributed by atoms with Crippen molar-refractivity contribution in [2.75, 3.05) is 30.9 Å². The van der Waals surface area contributed by atoms with Crippen LogP contribution < -0.4 is 15.5 Å². The normalized spacial score (nSPS) is 13.8. The smallest absolute Gasteiger partial charge is 0.233 e. The van der Waals surface area contributed by atoms with Crippen LogP contribution in [-0.4, -0.2) is 32.5 Å². The summed E-state index contributed by atoms with van der Waals surface area (Å²) in [6, 6.07) is 7.52. The van der Waals surface area contributed by atoms with Crippen molar-refractivity contribution in [1.82, 2.24) is 5.32 Å². The number of hydrogen-bond donors (Lipinski definition) is 2. The number of carbonyl (C=O) groups excluding carboxylic acids is 2. The molecular formula is C19H27N3O2. The van der Waals surface area contributed by atoms with E-state index in [0.717, 1.165) is 24.9 Å². The molecule has 2 N–H and O–H groups in total. The van der Waals surface area contributed by atoms with Crippen LogP contribution >= 0.6 is 0 Å². The highest BCUT2D eigenvalue weighted by Gasteiger charge is 2.10. The van der Waals surface area contributed by atoms with E-state index in [4.69, 9.17) is 0 Å². The Morgan fingerprint density at radius 1 is 1.08 bits per heavy atom. The van der Waals surface area contributed by atoms with Gasteiger partial charge in [-0.1, -0.05) is 11.6 Å². The quantitative estimate of drug-likeness (QED) is 0.597. The van der Waals surface area contributed by atoms with Gasteiger partial charge in [0.15, 0.2) is 0 Å². The molecule has 1 aliphatic carbocycles. The topological polar surface area (TPSA) is 61.4 Å². The monoisotopic (exact) mass is 329 g/mol. The predicted molar refractivity (Wildman–Crippen MR) is 98.2 cm³/mol. The zero-order chi connectivity index (χ0) is 17.4. The van der Waals surface area contributed by atoms with Gasteiger partial charge in [0.2, 0.25) is 11.8 Å². The molecule has 0 fully saturated rings. The summed E-state index contributed by atoms with van der Waals surface area (Å²) in [5.41, 5.74) is 3.18. The summed E-state index contributed by atoms with van der Waals surface area (Å²) < 4.78 is 0. The summed E-state index contributed by atoms with van der Waals surface area (Å²) in [6.45, 7) is 0.607. The maximum atomic E-state index is 11.9. The Morgan fingerprint density at radius 2 is 1.83 bits per heavy atom. The van der Waals surface area contributed by atoms with Crippen LogP contribution in [0, 0.1) is 0 Å². The Morgan fingerprint density at radius 3 is 2.46 bits per heavy atom. The van der Waals surface area contributed by atoms with Crippen LogP contribution in [0.3, 0.4) is 0 Å². The molecule has 1 aliphatic rings. The summed E-state index contributed by atoms with van der Waals surface area (Å²) in [7, 11) is 3.92. The van der Waals surface area contributed by atoms with E-state index in [1.54, 1.807) is 0 Å². The van der Waals surface area contributed by atoms with Gasteiger partial charge in [0.05, 0.1) is 0 Å². The lowest BCUT2D eigenvalue weighted by molar-refractivity contribution is -0.126.